The molecule has 4 aromatic rings. The Kier molecular flexibility index (Phi) is 5.01. The van der Waals surface area contributed by atoms with Gasteiger partial charge in [-0.3, -0.25) is 0 Å². The summed E-state index contributed by atoms with van der Waals surface area (Å²) in [6.45, 7) is 0.570. The fourth-order valence-electron chi connectivity index (χ4n) is 2.79. The third kappa shape index (κ3) is 3.65. The standard InChI is InChI=1S/C19H16BrN3O2S/c20-13-4-3-5-15(8-13)25-10-14(24)9-23-18-7-2-1-6-16(18)22-19(23)17-11-26-12-21-17/h1-8,11-12,14,24H,9-10H2. The van der Waals surface area contributed by atoms with E-state index in [1.54, 1.807) is 5.51 Å². The second-order valence-corrected chi connectivity index (χ2v) is 7.46. The lowest BCUT2D eigenvalue weighted by atomic mass is 10.3. The molecule has 0 bridgehead atoms. The minimum absolute atomic E-state index is 0.194. The molecule has 1 N–H and O–H groups in total. The van der Waals surface area contributed by atoms with Gasteiger partial charge in [-0.1, -0.05) is 34.1 Å². The van der Waals surface area contributed by atoms with Crippen LogP contribution in [0.25, 0.3) is 22.6 Å². The fraction of sp³-hybridized carbons (Fsp3) is 0.158. The third-order valence-electron chi connectivity index (χ3n) is 3.95. The van der Waals surface area contributed by atoms with Gasteiger partial charge in [0, 0.05) is 9.85 Å². The summed E-state index contributed by atoms with van der Waals surface area (Å²) in [7, 11) is 0. The Morgan fingerprint density at radius 3 is 2.88 bits per heavy atom. The van der Waals surface area contributed by atoms with Crippen molar-refractivity contribution in [3.05, 3.63) is 63.9 Å². The van der Waals surface area contributed by atoms with E-state index in [1.807, 2.05) is 58.5 Å². The van der Waals surface area contributed by atoms with Crippen LogP contribution in [0.3, 0.4) is 0 Å². The first-order valence-electron chi connectivity index (χ1n) is 8.11. The first kappa shape index (κ1) is 17.2. The molecular formula is C19H16BrN3O2S. The maximum Gasteiger partial charge on any atom is 0.160 e. The number of aromatic nitrogens is 3. The Hall–Kier alpha value is -2.22. The number of ether oxygens (including phenoxy) is 1. The van der Waals surface area contributed by atoms with Gasteiger partial charge in [0.15, 0.2) is 5.82 Å². The van der Waals surface area contributed by atoms with Crippen molar-refractivity contribution in [1.82, 2.24) is 14.5 Å². The first-order valence-corrected chi connectivity index (χ1v) is 9.84. The Balaban J connectivity index is 1.57. The minimum atomic E-state index is -0.677. The van der Waals surface area contributed by atoms with Gasteiger partial charge in [0.05, 0.1) is 23.1 Å². The third-order valence-corrected chi connectivity index (χ3v) is 5.03. The maximum atomic E-state index is 10.5. The lowest BCUT2D eigenvalue weighted by Gasteiger charge is -2.15. The molecule has 0 spiro atoms. The molecule has 0 aliphatic carbocycles. The molecule has 0 saturated carbocycles. The van der Waals surface area contributed by atoms with E-state index >= 15 is 0 Å². The van der Waals surface area contributed by atoms with Crippen molar-refractivity contribution in [1.29, 1.82) is 0 Å². The van der Waals surface area contributed by atoms with Crippen LogP contribution in [-0.4, -0.2) is 32.4 Å². The maximum absolute atomic E-state index is 10.5. The largest absolute Gasteiger partial charge is 0.491 e. The van der Waals surface area contributed by atoms with Gasteiger partial charge in [0.25, 0.3) is 0 Å². The summed E-state index contributed by atoms with van der Waals surface area (Å²) < 4.78 is 8.65. The molecule has 2 heterocycles. The predicted molar refractivity (Wildman–Crippen MR) is 106 cm³/mol. The number of fused-ring (bicyclic) bond motifs is 1. The molecule has 0 fully saturated rings. The molecule has 1 atom stereocenters. The van der Waals surface area contributed by atoms with E-state index in [1.165, 1.54) is 11.3 Å². The molecule has 0 amide bonds. The van der Waals surface area contributed by atoms with Crippen LogP contribution >= 0.6 is 27.3 Å². The number of aliphatic hydroxyl groups excluding tert-OH is 1. The minimum Gasteiger partial charge on any atom is -0.491 e. The average molecular weight is 430 g/mol. The molecule has 0 radical (unpaired) electrons. The summed E-state index contributed by atoms with van der Waals surface area (Å²) in [5.74, 6) is 1.47. The topological polar surface area (TPSA) is 60.2 Å². The van der Waals surface area contributed by atoms with E-state index in [4.69, 9.17) is 4.74 Å². The quantitative estimate of drug-likeness (QED) is 0.494. The highest BCUT2D eigenvalue weighted by atomic mass is 79.9. The smallest absolute Gasteiger partial charge is 0.160 e. The summed E-state index contributed by atoms with van der Waals surface area (Å²) in [4.78, 5) is 9.06. The second-order valence-electron chi connectivity index (χ2n) is 5.83. The van der Waals surface area contributed by atoms with E-state index in [0.717, 1.165) is 27.0 Å². The zero-order chi connectivity index (χ0) is 17.9. The van der Waals surface area contributed by atoms with Gasteiger partial charge < -0.3 is 14.4 Å². The van der Waals surface area contributed by atoms with E-state index in [2.05, 4.69) is 25.9 Å². The molecule has 0 aliphatic heterocycles. The summed E-state index contributed by atoms with van der Waals surface area (Å²) in [6, 6.07) is 15.5. The molecule has 2 aromatic carbocycles. The Bertz CT molecular complexity index is 1020. The highest BCUT2D eigenvalue weighted by molar-refractivity contribution is 9.10. The molecule has 5 nitrogen and oxygen atoms in total. The molecule has 7 heteroatoms. The van der Waals surface area contributed by atoms with Crippen LogP contribution in [0.5, 0.6) is 5.75 Å². The van der Waals surface area contributed by atoms with Crippen molar-refractivity contribution < 1.29 is 9.84 Å². The van der Waals surface area contributed by atoms with Gasteiger partial charge in [-0.15, -0.1) is 11.3 Å². The Labute approximate surface area is 163 Å². The molecule has 1 unspecified atom stereocenters. The van der Waals surface area contributed by atoms with Crippen LogP contribution in [-0.2, 0) is 6.54 Å². The lowest BCUT2D eigenvalue weighted by Crippen LogP contribution is -2.24. The fourth-order valence-corrected chi connectivity index (χ4v) is 3.70. The van der Waals surface area contributed by atoms with Gasteiger partial charge in [0.1, 0.15) is 24.2 Å². The number of para-hydroxylation sites is 2. The van der Waals surface area contributed by atoms with Crippen molar-refractivity contribution in [2.75, 3.05) is 6.61 Å². The summed E-state index contributed by atoms with van der Waals surface area (Å²) in [6.07, 6.45) is -0.677. The molecule has 26 heavy (non-hydrogen) atoms. The van der Waals surface area contributed by atoms with Crippen molar-refractivity contribution in [3.8, 4) is 17.3 Å². The van der Waals surface area contributed by atoms with Crippen molar-refractivity contribution >= 4 is 38.3 Å². The molecule has 0 saturated heterocycles. The van der Waals surface area contributed by atoms with Crippen LogP contribution in [0.15, 0.2) is 63.9 Å². The van der Waals surface area contributed by atoms with Gasteiger partial charge in [0.2, 0.25) is 0 Å². The number of thiazole rings is 1. The van der Waals surface area contributed by atoms with Gasteiger partial charge >= 0.3 is 0 Å². The van der Waals surface area contributed by atoms with Gasteiger partial charge in [-0.05, 0) is 30.3 Å². The molecule has 2 aromatic heterocycles. The zero-order valence-electron chi connectivity index (χ0n) is 13.7. The number of halogens is 1. The van der Waals surface area contributed by atoms with E-state index in [-0.39, 0.29) is 6.61 Å². The second kappa shape index (κ2) is 7.57. The average Bonchev–Trinajstić information content (AvgIpc) is 3.28. The molecule has 132 valence electrons. The number of hydrogen-bond donors (Lipinski definition) is 1. The number of aliphatic hydroxyl groups is 1. The number of imidazole rings is 1. The normalized spacial score (nSPS) is 12.4. The van der Waals surface area contributed by atoms with E-state index in [9.17, 15) is 5.11 Å². The number of benzene rings is 2. The van der Waals surface area contributed by atoms with Crippen molar-refractivity contribution in [2.24, 2.45) is 0 Å². The number of rotatable bonds is 6. The van der Waals surface area contributed by atoms with Gasteiger partial charge in [-0.2, -0.15) is 0 Å². The van der Waals surface area contributed by atoms with Crippen LogP contribution in [0, 0.1) is 0 Å². The van der Waals surface area contributed by atoms with E-state index in [0.29, 0.717) is 12.3 Å². The highest BCUT2D eigenvalue weighted by Crippen LogP contribution is 2.25. The number of hydrogen-bond acceptors (Lipinski definition) is 5. The van der Waals surface area contributed by atoms with Crippen LogP contribution in [0.2, 0.25) is 0 Å². The molecule has 0 aliphatic rings. The van der Waals surface area contributed by atoms with Crippen LogP contribution in [0.4, 0.5) is 0 Å². The Morgan fingerprint density at radius 1 is 1.19 bits per heavy atom. The monoisotopic (exact) mass is 429 g/mol. The Morgan fingerprint density at radius 2 is 2.08 bits per heavy atom. The SMILES string of the molecule is OC(COc1cccc(Br)c1)Cn1c(-c2cscn2)nc2ccccc21. The first-order chi connectivity index (χ1) is 12.7. The van der Waals surface area contributed by atoms with E-state index < -0.39 is 6.10 Å². The van der Waals surface area contributed by atoms with Crippen LogP contribution in [0.1, 0.15) is 0 Å². The zero-order valence-corrected chi connectivity index (χ0v) is 16.2. The van der Waals surface area contributed by atoms with Gasteiger partial charge in [-0.25, -0.2) is 9.97 Å². The predicted octanol–water partition coefficient (Wildman–Crippen LogP) is 4.36. The lowest BCUT2D eigenvalue weighted by molar-refractivity contribution is 0.0937. The van der Waals surface area contributed by atoms with Crippen molar-refractivity contribution in [2.45, 2.75) is 12.6 Å². The highest BCUT2D eigenvalue weighted by Gasteiger charge is 2.17. The summed E-state index contributed by atoms with van der Waals surface area (Å²) >= 11 is 4.94. The summed E-state index contributed by atoms with van der Waals surface area (Å²) in [5.41, 5.74) is 4.45. The summed E-state index contributed by atoms with van der Waals surface area (Å²) in [5, 5.41) is 12.5. The molecular weight excluding hydrogens is 414 g/mol. The van der Waals surface area contributed by atoms with Crippen molar-refractivity contribution in [3.63, 3.8) is 0 Å². The van der Waals surface area contributed by atoms with Crippen LogP contribution < -0.4 is 4.74 Å². The molecule has 4 rings (SSSR count). The number of nitrogens with zero attached hydrogens (tertiary/aromatic N) is 3.